The number of carbonyl (C=O) groups is 2. The molecule has 1 saturated heterocycles. The Labute approximate surface area is 246 Å². The quantitative estimate of drug-likeness (QED) is 0.350. The topological polar surface area (TPSA) is 92.6 Å². The maximum atomic E-state index is 13.9. The van der Waals surface area contributed by atoms with Gasteiger partial charge in [-0.05, 0) is 31.4 Å². The molecule has 0 spiro atoms. The van der Waals surface area contributed by atoms with Gasteiger partial charge in [0.1, 0.15) is 0 Å². The van der Waals surface area contributed by atoms with E-state index < -0.39 is 23.7 Å². The minimum absolute atomic E-state index is 0.00688. The first kappa shape index (κ1) is 30.2. The van der Waals surface area contributed by atoms with Gasteiger partial charge in [0.25, 0.3) is 5.91 Å². The summed E-state index contributed by atoms with van der Waals surface area (Å²) >= 11 is 1.34. The van der Waals surface area contributed by atoms with Crippen molar-refractivity contribution < 1.29 is 27.5 Å². The molecule has 1 aliphatic heterocycles. The number of hydrogen-bond donors (Lipinski definition) is 1. The highest BCUT2D eigenvalue weighted by atomic mass is 32.1. The van der Waals surface area contributed by atoms with Crippen LogP contribution in [0.5, 0.6) is 0 Å². The van der Waals surface area contributed by atoms with Crippen molar-refractivity contribution in [2.45, 2.75) is 56.8 Å². The number of benzene rings is 1. The number of thiazole rings is 1. The Balaban J connectivity index is 1.39. The SMILES string of the molecule is CN(C(=O)C[C@H](CCN1CCOCC1)NC(=O)c1cc(-c2ccccc2C(F)(F)F)n(C2CCCC2)n1)c1nccs1. The first-order valence-electron chi connectivity index (χ1n) is 14.2. The van der Waals surface area contributed by atoms with Crippen molar-refractivity contribution in [1.82, 2.24) is 25.0 Å². The van der Waals surface area contributed by atoms with Crippen molar-refractivity contribution in [3.05, 3.63) is 53.2 Å². The van der Waals surface area contributed by atoms with Gasteiger partial charge in [-0.25, -0.2) is 4.98 Å². The van der Waals surface area contributed by atoms with Crippen molar-refractivity contribution in [1.29, 1.82) is 0 Å². The molecule has 2 fully saturated rings. The molecular weight excluding hydrogens is 569 g/mol. The summed E-state index contributed by atoms with van der Waals surface area (Å²) in [6.07, 6.45) is 1.08. The van der Waals surface area contributed by atoms with Crippen LogP contribution in [0.3, 0.4) is 0 Å². The number of carbonyl (C=O) groups excluding carboxylic acids is 2. The van der Waals surface area contributed by atoms with Gasteiger partial charge in [0.05, 0.1) is 30.5 Å². The molecule has 1 atom stereocenters. The Morgan fingerprint density at radius 3 is 2.62 bits per heavy atom. The lowest BCUT2D eigenvalue weighted by atomic mass is 10.0. The monoisotopic (exact) mass is 604 g/mol. The second-order valence-corrected chi connectivity index (χ2v) is 11.6. The lowest BCUT2D eigenvalue weighted by Crippen LogP contribution is -2.43. The van der Waals surface area contributed by atoms with E-state index in [-0.39, 0.29) is 35.3 Å². The molecular formula is C29H35F3N6O3S. The number of rotatable bonds is 10. The Morgan fingerprint density at radius 2 is 1.93 bits per heavy atom. The second kappa shape index (κ2) is 13.3. The van der Waals surface area contributed by atoms with Crippen LogP contribution in [0.2, 0.25) is 0 Å². The molecule has 0 bridgehead atoms. The zero-order valence-corrected chi connectivity index (χ0v) is 24.3. The zero-order chi connectivity index (χ0) is 29.7. The minimum atomic E-state index is -4.56. The molecule has 9 nitrogen and oxygen atoms in total. The van der Waals surface area contributed by atoms with Gasteiger partial charge in [-0.15, -0.1) is 11.3 Å². The Kier molecular flexibility index (Phi) is 9.59. The van der Waals surface area contributed by atoms with Crippen LogP contribution in [-0.2, 0) is 15.7 Å². The second-order valence-electron chi connectivity index (χ2n) is 10.7. The zero-order valence-electron chi connectivity index (χ0n) is 23.5. The molecule has 2 amide bonds. The van der Waals surface area contributed by atoms with Gasteiger partial charge in [-0.1, -0.05) is 31.0 Å². The number of nitrogens with zero attached hydrogens (tertiary/aromatic N) is 5. The lowest BCUT2D eigenvalue weighted by Gasteiger charge is -2.28. The fourth-order valence-corrected chi connectivity index (χ4v) is 6.20. The summed E-state index contributed by atoms with van der Waals surface area (Å²) in [6, 6.07) is 6.22. The molecule has 3 heterocycles. The van der Waals surface area contributed by atoms with Gasteiger partial charge in [0, 0.05) is 56.3 Å². The Morgan fingerprint density at radius 1 is 1.19 bits per heavy atom. The number of aromatic nitrogens is 3. The van der Waals surface area contributed by atoms with Crippen molar-refractivity contribution in [2.24, 2.45) is 0 Å². The number of halogens is 3. The van der Waals surface area contributed by atoms with Crippen LogP contribution in [0.4, 0.5) is 18.3 Å². The fraction of sp³-hybridized carbons (Fsp3) is 0.517. The molecule has 1 aliphatic carbocycles. The molecule has 0 radical (unpaired) electrons. The maximum Gasteiger partial charge on any atom is 0.417 e. The third kappa shape index (κ3) is 7.19. The third-order valence-electron chi connectivity index (χ3n) is 7.88. The van der Waals surface area contributed by atoms with Crippen LogP contribution in [0, 0.1) is 0 Å². The van der Waals surface area contributed by atoms with Gasteiger partial charge in [-0.3, -0.25) is 24.1 Å². The standard InChI is InChI=1S/C29H35F3N6O3S/c1-36(28-33-11-17-42-28)26(39)18-20(10-12-37-13-15-41-16-14-37)34-27(40)24-19-25(38(35-24)21-6-2-3-7-21)22-8-4-5-9-23(22)29(30,31)32/h4-5,8-9,11,17,19-21H,2-3,6-7,10,12-16,18H2,1H3,(H,34,40)/t20-/m0/s1. The van der Waals surface area contributed by atoms with Gasteiger partial charge in [0.15, 0.2) is 10.8 Å². The van der Waals surface area contributed by atoms with E-state index in [4.69, 9.17) is 4.74 Å². The van der Waals surface area contributed by atoms with Gasteiger partial charge < -0.3 is 10.1 Å². The summed E-state index contributed by atoms with van der Waals surface area (Å²) in [6.45, 7) is 3.44. The van der Waals surface area contributed by atoms with Crippen molar-refractivity contribution in [2.75, 3.05) is 44.8 Å². The highest BCUT2D eigenvalue weighted by Crippen LogP contribution is 2.40. The molecule has 2 aromatic heterocycles. The number of amides is 2. The predicted molar refractivity (Wildman–Crippen MR) is 153 cm³/mol. The summed E-state index contributed by atoms with van der Waals surface area (Å²) in [5.41, 5.74) is -0.474. The molecule has 3 aromatic rings. The van der Waals surface area contributed by atoms with E-state index in [0.717, 1.165) is 44.8 Å². The molecule has 5 rings (SSSR count). The molecule has 1 saturated carbocycles. The first-order valence-corrected chi connectivity index (χ1v) is 15.1. The van der Waals surface area contributed by atoms with Crippen LogP contribution in [0.1, 0.15) is 60.6 Å². The average molecular weight is 605 g/mol. The van der Waals surface area contributed by atoms with Crippen LogP contribution in [0.15, 0.2) is 41.9 Å². The minimum Gasteiger partial charge on any atom is -0.379 e. The van der Waals surface area contributed by atoms with E-state index in [1.807, 2.05) is 0 Å². The number of hydrogen-bond acceptors (Lipinski definition) is 7. The molecule has 2 aliphatic rings. The maximum absolute atomic E-state index is 13.9. The average Bonchev–Trinajstić information content (AvgIpc) is 3.77. The first-order chi connectivity index (χ1) is 20.2. The normalized spacial score (nSPS) is 17.3. The molecule has 0 unspecified atom stereocenters. The number of ether oxygens (including phenoxy) is 1. The van der Waals surface area contributed by atoms with E-state index in [1.165, 1.54) is 34.4 Å². The van der Waals surface area contributed by atoms with E-state index in [2.05, 4.69) is 20.3 Å². The third-order valence-corrected chi connectivity index (χ3v) is 8.73. The summed E-state index contributed by atoms with van der Waals surface area (Å²) in [4.78, 5) is 34.6. The number of morpholine rings is 1. The molecule has 42 heavy (non-hydrogen) atoms. The van der Waals surface area contributed by atoms with Crippen LogP contribution in [-0.4, -0.2) is 77.4 Å². The van der Waals surface area contributed by atoms with E-state index >= 15 is 0 Å². The summed E-state index contributed by atoms with van der Waals surface area (Å²) < 4.78 is 48.9. The van der Waals surface area contributed by atoms with Crippen molar-refractivity contribution >= 4 is 28.3 Å². The molecule has 1 N–H and O–H groups in total. The molecule has 1 aromatic carbocycles. The van der Waals surface area contributed by atoms with Crippen LogP contribution >= 0.6 is 11.3 Å². The van der Waals surface area contributed by atoms with Crippen LogP contribution < -0.4 is 10.2 Å². The highest BCUT2D eigenvalue weighted by molar-refractivity contribution is 7.13. The smallest absolute Gasteiger partial charge is 0.379 e. The van der Waals surface area contributed by atoms with Crippen molar-refractivity contribution in [3.8, 4) is 11.3 Å². The predicted octanol–water partition coefficient (Wildman–Crippen LogP) is 5.01. The van der Waals surface area contributed by atoms with E-state index in [0.29, 0.717) is 31.3 Å². The molecule has 13 heteroatoms. The Bertz CT molecular complexity index is 1350. The fourth-order valence-electron chi connectivity index (χ4n) is 5.57. The summed E-state index contributed by atoms with van der Waals surface area (Å²) in [5.74, 6) is -0.720. The number of alkyl halides is 3. The van der Waals surface area contributed by atoms with Gasteiger partial charge in [0.2, 0.25) is 5.91 Å². The number of nitrogens with one attached hydrogen (secondary N) is 1. The summed E-state index contributed by atoms with van der Waals surface area (Å²) in [7, 11) is 1.65. The largest absolute Gasteiger partial charge is 0.417 e. The van der Waals surface area contributed by atoms with E-state index in [9.17, 15) is 22.8 Å². The number of anilines is 1. The van der Waals surface area contributed by atoms with Gasteiger partial charge in [-0.2, -0.15) is 18.3 Å². The lowest BCUT2D eigenvalue weighted by molar-refractivity contribution is -0.137. The molecule has 226 valence electrons. The highest BCUT2D eigenvalue weighted by Gasteiger charge is 2.35. The van der Waals surface area contributed by atoms with Crippen LogP contribution in [0.25, 0.3) is 11.3 Å². The van der Waals surface area contributed by atoms with Gasteiger partial charge >= 0.3 is 6.18 Å². The van der Waals surface area contributed by atoms with Crippen molar-refractivity contribution in [3.63, 3.8) is 0 Å². The Hall–Kier alpha value is -3.29. The summed E-state index contributed by atoms with van der Waals surface area (Å²) in [5, 5.41) is 9.87. The van der Waals surface area contributed by atoms with E-state index in [1.54, 1.807) is 29.4 Å².